The maximum Gasteiger partial charge on any atom is 0.137 e. The number of hydrogen-bond acceptors (Lipinski definition) is 2. The van der Waals surface area contributed by atoms with E-state index in [1.165, 1.54) is 13.2 Å². The van der Waals surface area contributed by atoms with Gasteiger partial charge in [-0.3, -0.25) is 0 Å². The molecule has 0 fully saturated rings. The van der Waals surface area contributed by atoms with Gasteiger partial charge in [0.2, 0.25) is 0 Å². The third-order valence-corrected chi connectivity index (χ3v) is 1.98. The molecule has 0 spiro atoms. The van der Waals surface area contributed by atoms with E-state index >= 15 is 0 Å². The second-order valence-corrected chi connectivity index (χ2v) is 3.02. The molecule has 0 unspecified atom stereocenters. The molecule has 0 radical (unpaired) electrons. The molecule has 0 aliphatic rings. The number of rotatable bonds is 3. The Morgan fingerprint density at radius 1 is 1.54 bits per heavy atom. The Morgan fingerprint density at radius 3 is 2.77 bits per heavy atom. The molecule has 0 amide bonds. The molecule has 1 aromatic carbocycles. The normalized spacial score (nSPS) is 10.2. The SMILES string of the molecule is CNCc1cc(OC)c(Cl)cc1F. The van der Waals surface area contributed by atoms with E-state index < -0.39 is 0 Å². The second kappa shape index (κ2) is 4.44. The molecule has 0 saturated carbocycles. The van der Waals surface area contributed by atoms with E-state index in [9.17, 15) is 4.39 Å². The fraction of sp³-hybridized carbons (Fsp3) is 0.333. The molecule has 0 aliphatic heterocycles. The number of halogens is 2. The third-order valence-electron chi connectivity index (χ3n) is 1.69. The molecule has 0 aromatic heterocycles. The van der Waals surface area contributed by atoms with Crippen LogP contribution in [0.25, 0.3) is 0 Å². The van der Waals surface area contributed by atoms with Gasteiger partial charge in [-0.25, -0.2) is 4.39 Å². The Labute approximate surface area is 81.7 Å². The largest absolute Gasteiger partial charge is 0.495 e. The van der Waals surface area contributed by atoms with E-state index in [4.69, 9.17) is 16.3 Å². The summed E-state index contributed by atoms with van der Waals surface area (Å²) in [6, 6.07) is 2.85. The standard InChI is InChI=1S/C9H11ClFNO/c1-12-5-6-3-9(13-2)7(10)4-8(6)11/h3-4,12H,5H2,1-2H3. The van der Waals surface area contributed by atoms with Crippen LogP contribution in [0.4, 0.5) is 4.39 Å². The smallest absolute Gasteiger partial charge is 0.137 e. The van der Waals surface area contributed by atoms with Crippen LogP contribution in [0.3, 0.4) is 0 Å². The highest BCUT2D eigenvalue weighted by Crippen LogP contribution is 2.27. The van der Waals surface area contributed by atoms with Crippen LogP contribution in [-0.2, 0) is 6.54 Å². The highest BCUT2D eigenvalue weighted by molar-refractivity contribution is 6.32. The summed E-state index contributed by atoms with van der Waals surface area (Å²) >= 11 is 5.72. The number of ether oxygens (including phenoxy) is 1. The van der Waals surface area contributed by atoms with Crippen LogP contribution in [0.2, 0.25) is 5.02 Å². The molecule has 2 nitrogen and oxygen atoms in total. The Morgan fingerprint density at radius 2 is 2.23 bits per heavy atom. The summed E-state index contributed by atoms with van der Waals surface area (Å²) in [6.07, 6.45) is 0. The van der Waals surface area contributed by atoms with Crippen molar-refractivity contribution in [2.45, 2.75) is 6.54 Å². The molecule has 13 heavy (non-hydrogen) atoms. The lowest BCUT2D eigenvalue weighted by molar-refractivity contribution is 0.412. The van der Waals surface area contributed by atoms with Gasteiger partial charge >= 0.3 is 0 Å². The molecule has 1 rings (SSSR count). The fourth-order valence-electron chi connectivity index (χ4n) is 1.05. The molecule has 0 aliphatic carbocycles. The monoisotopic (exact) mass is 203 g/mol. The highest BCUT2D eigenvalue weighted by atomic mass is 35.5. The van der Waals surface area contributed by atoms with Crippen LogP contribution in [-0.4, -0.2) is 14.2 Å². The molecular weight excluding hydrogens is 193 g/mol. The summed E-state index contributed by atoms with van der Waals surface area (Å²) < 4.78 is 18.1. The van der Waals surface area contributed by atoms with Gasteiger partial charge < -0.3 is 10.1 Å². The zero-order valence-corrected chi connectivity index (χ0v) is 8.28. The van der Waals surface area contributed by atoms with Crippen molar-refractivity contribution in [1.29, 1.82) is 0 Å². The molecule has 1 N–H and O–H groups in total. The summed E-state index contributed by atoms with van der Waals surface area (Å²) in [5.41, 5.74) is 0.545. The van der Waals surface area contributed by atoms with E-state index in [0.29, 0.717) is 22.9 Å². The molecule has 0 bridgehead atoms. The minimum atomic E-state index is -0.319. The average molecular weight is 204 g/mol. The number of hydrogen-bond donors (Lipinski definition) is 1. The van der Waals surface area contributed by atoms with Gasteiger partial charge in [0.05, 0.1) is 12.1 Å². The number of methoxy groups -OCH3 is 1. The number of nitrogens with one attached hydrogen (secondary N) is 1. The van der Waals surface area contributed by atoms with Gasteiger partial charge in [0.15, 0.2) is 0 Å². The maximum atomic E-state index is 13.2. The lowest BCUT2D eigenvalue weighted by atomic mass is 10.2. The summed E-state index contributed by atoms with van der Waals surface area (Å²) in [4.78, 5) is 0. The molecule has 1 aromatic rings. The first-order valence-electron chi connectivity index (χ1n) is 3.85. The minimum Gasteiger partial charge on any atom is -0.495 e. The van der Waals surface area contributed by atoms with E-state index in [2.05, 4.69) is 5.32 Å². The van der Waals surface area contributed by atoms with Crippen LogP contribution in [0.1, 0.15) is 5.56 Å². The van der Waals surface area contributed by atoms with Crippen molar-refractivity contribution in [3.05, 3.63) is 28.5 Å². The van der Waals surface area contributed by atoms with Crippen LogP contribution < -0.4 is 10.1 Å². The first-order chi connectivity index (χ1) is 6.19. The molecule has 4 heteroatoms. The second-order valence-electron chi connectivity index (χ2n) is 2.61. The lowest BCUT2D eigenvalue weighted by Gasteiger charge is -2.07. The van der Waals surface area contributed by atoms with Crippen LogP contribution in [0.15, 0.2) is 12.1 Å². The van der Waals surface area contributed by atoms with Gasteiger partial charge in [0, 0.05) is 12.1 Å². The summed E-state index contributed by atoms with van der Waals surface area (Å²) in [7, 11) is 3.25. The zero-order chi connectivity index (χ0) is 9.84. The molecular formula is C9H11ClFNO. The summed E-state index contributed by atoms with van der Waals surface area (Å²) in [5, 5.41) is 3.15. The first-order valence-corrected chi connectivity index (χ1v) is 4.23. The Hall–Kier alpha value is -0.800. The quantitative estimate of drug-likeness (QED) is 0.814. The van der Waals surface area contributed by atoms with Gasteiger partial charge in [-0.1, -0.05) is 11.6 Å². The minimum absolute atomic E-state index is 0.292. The van der Waals surface area contributed by atoms with Crippen molar-refractivity contribution < 1.29 is 9.13 Å². The van der Waals surface area contributed by atoms with Crippen LogP contribution in [0.5, 0.6) is 5.75 Å². The van der Waals surface area contributed by atoms with Crippen molar-refractivity contribution in [3.8, 4) is 5.75 Å². The van der Waals surface area contributed by atoms with Crippen LogP contribution in [0, 0.1) is 5.82 Å². The molecule has 0 saturated heterocycles. The summed E-state index contributed by atoms with van der Waals surface area (Å²) in [6.45, 7) is 0.458. The summed E-state index contributed by atoms with van der Waals surface area (Å²) in [5.74, 6) is 0.175. The molecule has 0 atom stereocenters. The van der Waals surface area contributed by atoms with Gasteiger partial charge in [-0.05, 0) is 19.2 Å². The lowest BCUT2D eigenvalue weighted by Crippen LogP contribution is -2.07. The fourth-order valence-corrected chi connectivity index (χ4v) is 1.28. The predicted molar refractivity (Wildman–Crippen MR) is 50.7 cm³/mol. The third kappa shape index (κ3) is 2.32. The van der Waals surface area contributed by atoms with Gasteiger partial charge in [-0.15, -0.1) is 0 Å². The van der Waals surface area contributed by atoms with Gasteiger partial charge in [0.25, 0.3) is 0 Å². The van der Waals surface area contributed by atoms with Crippen molar-refractivity contribution >= 4 is 11.6 Å². The zero-order valence-electron chi connectivity index (χ0n) is 7.53. The van der Waals surface area contributed by atoms with Crippen molar-refractivity contribution in [2.75, 3.05) is 14.2 Å². The van der Waals surface area contributed by atoms with E-state index in [-0.39, 0.29) is 5.82 Å². The van der Waals surface area contributed by atoms with Gasteiger partial charge in [0.1, 0.15) is 11.6 Å². The van der Waals surface area contributed by atoms with E-state index in [1.807, 2.05) is 0 Å². The molecule has 72 valence electrons. The van der Waals surface area contributed by atoms with E-state index in [0.717, 1.165) is 0 Å². The Balaban J connectivity index is 3.06. The molecule has 0 heterocycles. The Bertz CT molecular complexity index is 304. The topological polar surface area (TPSA) is 21.3 Å². The number of benzene rings is 1. The van der Waals surface area contributed by atoms with Crippen molar-refractivity contribution in [1.82, 2.24) is 5.32 Å². The van der Waals surface area contributed by atoms with Crippen molar-refractivity contribution in [3.63, 3.8) is 0 Å². The van der Waals surface area contributed by atoms with Crippen LogP contribution >= 0.6 is 11.6 Å². The highest BCUT2D eigenvalue weighted by Gasteiger charge is 2.07. The predicted octanol–water partition coefficient (Wildman–Crippen LogP) is 2.21. The first kappa shape index (κ1) is 10.3. The maximum absolute atomic E-state index is 13.2. The van der Waals surface area contributed by atoms with Crippen molar-refractivity contribution in [2.24, 2.45) is 0 Å². The Kier molecular flexibility index (Phi) is 3.51. The average Bonchev–Trinajstić information content (AvgIpc) is 2.10. The van der Waals surface area contributed by atoms with E-state index in [1.54, 1.807) is 13.1 Å². The van der Waals surface area contributed by atoms with Gasteiger partial charge in [-0.2, -0.15) is 0 Å².